The van der Waals surface area contributed by atoms with E-state index < -0.39 is 10.0 Å². The maximum absolute atomic E-state index is 11.8. The van der Waals surface area contributed by atoms with Gasteiger partial charge < -0.3 is 15.1 Å². The fourth-order valence-electron chi connectivity index (χ4n) is 3.29. The van der Waals surface area contributed by atoms with Crippen molar-refractivity contribution in [2.45, 2.75) is 11.4 Å². The third-order valence-corrected chi connectivity index (χ3v) is 6.69. The highest BCUT2D eigenvalue weighted by atomic mass is 35.5. The molecule has 2 N–H and O–H groups in total. The highest BCUT2D eigenvalue weighted by Gasteiger charge is 2.21. The normalized spacial score (nSPS) is 15.5. The van der Waals surface area contributed by atoms with Crippen molar-refractivity contribution in [3.8, 4) is 0 Å². The topological polar surface area (TPSA) is 77.0 Å². The summed E-state index contributed by atoms with van der Waals surface area (Å²) in [5.41, 5.74) is 2.05. The highest BCUT2D eigenvalue weighted by molar-refractivity contribution is 7.89. The summed E-state index contributed by atoms with van der Waals surface area (Å²) in [5.74, 6) is 0.829. The molecule has 1 fully saturated rings. The molecule has 0 aliphatic carbocycles. The fraction of sp³-hybridized carbons (Fsp3) is 0.350. The average molecular weight is 436 g/mol. The molecule has 156 valence electrons. The van der Waals surface area contributed by atoms with Crippen molar-refractivity contribution in [1.82, 2.24) is 14.9 Å². The SMILES string of the molecule is CN=C(NCc1ccc(S(=O)(=O)NC)cc1)N1CCN(c2ccccc2Cl)CC1. The molecule has 1 saturated heterocycles. The molecular formula is C20H26ClN5O2S. The zero-order valence-electron chi connectivity index (χ0n) is 16.6. The molecule has 0 aromatic heterocycles. The Morgan fingerprint density at radius 1 is 1.07 bits per heavy atom. The first-order chi connectivity index (χ1) is 13.9. The van der Waals surface area contributed by atoms with E-state index in [0.717, 1.165) is 48.4 Å². The number of nitrogens with one attached hydrogen (secondary N) is 2. The number of halogens is 1. The molecule has 9 heteroatoms. The number of sulfonamides is 1. The molecule has 1 heterocycles. The van der Waals surface area contributed by atoms with Crippen LogP contribution in [0.5, 0.6) is 0 Å². The molecule has 0 atom stereocenters. The fourth-order valence-corrected chi connectivity index (χ4v) is 4.27. The number of hydrogen-bond acceptors (Lipinski definition) is 4. The summed E-state index contributed by atoms with van der Waals surface area (Å²) in [6.45, 7) is 3.97. The smallest absolute Gasteiger partial charge is 0.240 e. The summed E-state index contributed by atoms with van der Waals surface area (Å²) in [6.07, 6.45) is 0. The maximum Gasteiger partial charge on any atom is 0.240 e. The predicted octanol–water partition coefficient (Wildman–Crippen LogP) is 2.15. The second kappa shape index (κ2) is 9.47. The first-order valence-corrected chi connectivity index (χ1v) is 11.3. The summed E-state index contributed by atoms with van der Waals surface area (Å²) < 4.78 is 25.9. The number of rotatable bonds is 5. The van der Waals surface area contributed by atoms with Gasteiger partial charge in [0, 0.05) is 39.8 Å². The molecule has 0 spiro atoms. The van der Waals surface area contributed by atoms with Crippen LogP contribution in [-0.4, -0.2) is 59.6 Å². The van der Waals surface area contributed by atoms with Gasteiger partial charge in [-0.1, -0.05) is 35.9 Å². The van der Waals surface area contributed by atoms with E-state index in [2.05, 4.69) is 24.8 Å². The Labute approximate surface area is 177 Å². The van der Waals surface area contributed by atoms with Crippen LogP contribution in [0.25, 0.3) is 0 Å². The number of benzene rings is 2. The van der Waals surface area contributed by atoms with Crippen LogP contribution in [0.4, 0.5) is 5.69 Å². The molecule has 3 rings (SSSR count). The van der Waals surface area contributed by atoms with Crippen molar-refractivity contribution in [2.24, 2.45) is 4.99 Å². The van der Waals surface area contributed by atoms with E-state index in [9.17, 15) is 8.42 Å². The molecular weight excluding hydrogens is 410 g/mol. The van der Waals surface area contributed by atoms with E-state index in [1.54, 1.807) is 31.3 Å². The van der Waals surface area contributed by atoms with E-state index in [-0.39, 0.29) is 4.90 Å². The number of nitrogens with zero attached hydrogens (tertiary/aromatic N) is 3. The number of para-hydroxylation sites is 1. The van der Waals surface area contributed by atoms with E-state index in [0.29, 0.717) is 6.54 Å². The second-order valence-corrected chi connectivity index (χ2v) is 8.97. The van der Waals surface area contributed by atoms with E-state index >= 15 is 0 Å². The molecule has 0 unspecified atom stereocenters. The number of aliphatic imine (C=N–C) groups is 1. The molecule has 7 nitrogen and oxygen atoms in total. The van der Waals surface area contributed by atoms with Crippen LogP contribution in [0.1, 0.15) is 5.56 Å². The van der Waals surface area contributed by atoms with Gasteiger partial charge in [-0.3, -0.25) is 4.99 Å². The molecule has 0 saturated carbocycles. The number of piperazine rings is 1. The van der Waals surface area contributed by atoms with Gasteiger partial charge in [0.05, 0.1) is 15.6 Å². The Bertz CT molecular complexity index is 955. The van der Waals surface area contributed by atoms with Crippen LogP contribution >= 0.6 is 11.6 Å². The Morgan fingerprint density at radius 2 is 1.72 bits per heavy atom. The predicted molar refractivity (Wildman–Crippen MR) is 118 cm³/mol. The standard InChI is InChI=1S/C20H26ClN5O2S/c1-22-20(24-15-16-7-9-17(10-8-16)29(27,28)23-2)26-13-11-25(12-14-26)19-6-4-3-5-18(19)21/h3-10,23H,11-15H2,1-2H3,(H,22,24). The van der Waals surface area contributed by atoms with Gasteiger partial charge in [0.25, 0.3) is 0 Å². The van der Waals surface area contributed by atoms with Crippen LogP contribution in [0, 0.1) is 0 Å². The zero-order valence-corrected chi connectivity index (χ0v) is 18.2. The van der Waals surface area contributed by atoms with Crippen LogP contribution in [0.3, 0.4) is 0 Å². The lowest BCUT2D eigenvalue weighted by Gasteiger charge is -2.38. The Balaban J connectivity index is 1.56. The minimum atomic E-state index is -3.42. The summed E-state index contributed by atoms with van der Waals surface area (Å²) in [5, 5.41) is 4.13. The number of guanidine groups is 1. The first-order valence-electron chi connectivity index (χ1n) is 9.42. The molecule has 1 aliphatic rings. The van der Waals surface area contributed by atoms with Crippen molar-refractivity contribution >= 4 is 33.3 Å². The molecule has 0 amide bonds. The van der Waals surface area contributed by atoms with Crippen LogP contribution in [0.15, 0.2) is 58.4 Å². The van der Waals surface area contributed by atoms with Crippen molar-refractivity contribution in [2.75, 3.05) is 45.2 Å². The lowest BCUT2D eigenvalue weighted by atomic mass is 10.2. The Kier molecular flexibility index (Phi) is 7.00. The zero-order chi connectivity index (χ0) is 20.9. The Hall–Kier alpha value is -2.29. The quantitative estimate of drug-likeness (QED) is 0.556. The van der Waals surface area contributed by atoms with Crippen LogP contribution in [-0.2, 0) is 16.6 Å². The van der Waals surface area contributed by atoms with Gasteiger partial charge in [0.15, 0.2) is 5.96 Å². The summed E-state index contributed by atoms with van der Waals surface area (Å²) in [4.78, 5) is 9.15. The molecule has 2 aromatic carbocycles. The number of anilines is 1. The lowest BCUT2D eigenvalue weighted by molar-refractivity contribution is 0.372. The molecule has 0 radical (unpaired) electrons. The Morgan fingerprint density at radius 3 is 2.31 bits per heavy atom. The molecule has 2 aromatic rings. The van der Waals surface area contributed by atoms with Gasteiger partial charge >= 0.3 is 0 Å². The highest BCUT2D eigenvalue weighted by Crippen LogP contribution is 2.26. The van der Waals surface area contributed by atoms with Gasteiger partial charge in [-0.05, 0) is 36.9 Å². The minimum Gasteiger partial charge on any atom is -0.367 e. The minimum absolute atomic E-state index is 0.254. The van der Waals surface area contributed by atoms with Crippen LogP contribution in [0.2, 0.25) is 5.02 Å². The van der Waals surface area contributed by atoms with Crippen molar-refractivity contribution in [1.29, 1.82) is 0 Å². The van der Waals surface area contributed by atoms with Gasteiger partial charge in [-0.2, -0.15) is 0 Å². The van der Waals surface area contributed by atoms with Gasteiger partial charge in [0.1, 0.15) is 0 Å². The number of hydrogen-bond donors (Lipinski definition) is 2. The third-order valence-electron chi connectivity index (χ3n) is 4.94. The summed E-state index contributed by atoms with van der Waals surface area (Å²) >= 11 is 6.32. The molecule has 29 heavy (non-hydrogen) atoms. The molecule has 1 aliphatic heterocycles. The second-order valence-electron chi connectivity index (χ2n) is 6.68. The largest absolute Gasteiger partial charge is 0.367 e. The molecule has 0 bridgehead atoms. The first kappa shape index (κ1) is 21.4. The van der Waals surface area contributed by atoms with Crippen LogP contribution < -0.4 is 14.9 Å². The summed E-state index contributed by atoms with van der Waals surface area (Å²) in [6, 6.07) is 14.7. The van der Waals surface area contributed by atoms with Crippen molar-refractivity contribution < 1.29 is 8.42 Å². The van der Waals surface area contributed by atoms with E-state index in [1.165, 1.54) is 7.05 Å². The summed E-state index contributed by atoms with van der Waals surface area (Å²) in [7, 11) is -0.243. The monoisotopic (exact) mass is 435 g/mol. The van der Waals surface area contributed by atoms with E-state index in [1.807, 2.05) is 24.3 Å². The maximum atomic E-state index is 11.8. The lowest BCUT2D eigenvalue weighted by Crippen LogP contribution is -2.52. The van der Waals surface area contributed by atoms with E-state index in [4.69, 9.17) is 11.6 Å². The van der Waals surface area contributed by atoms with Crippen molar-refractivity contribution in [3.63, 3.8) is 0 Å². The van der Waals surface area contributed by atoms with Gasteiger partial charge in [-0.25, -0.2) is 13.1 Å². The third kappa shape index (κ3) is 5.20. The van der Waals surface area contributed by atoms with Gasteiger partial charge in [-0.15, -0.1) is 0 Å². The van der Waals surface area contributed by atoms with Gasteiger partial charge in [0.2, 0.25) is 10.0 Å². The van der Waals surface area contributed by atoms with Crippen molar-refractivity contribution in [3.05, 3.63) is 59.1 Å². The average Bonchev–Trinajstić information content (AvgIpc) is 2.75.